The lowest BCUT2D eigenvalue weighted by atomic mass is 9.86. The maximum atomic E-state index is 11.2. The molecule has 3 rings (SSSR count). The van der Waals surface area contributed by atoms with Crippen molar-refractivity contribution in [3.05, 3.63) is 28.3 Å². The lowest BCUT2D eigenvalue weighted by molar-refractivity contribution is -0.137. The Bertz CT molecular complexity index is 559. The first kappa shape index (κ1) is 14.7. The van der Waals surface area contributed by atoms with Gasteiger partial charge in [0.05, 0.1) is 18.1 Å². The number of ether oxygens (including phenoxy) is 1. The molecule has 0 heterocycles. The Morgan fingerprint density at radius 3 is 2.67 bits per heavy atom. The molecule has 1 aromatic rings. The smallest absolute Gasteiger partial charge is 0.304 e. The van der Waals surface area contributed by atoms with Gasteiger partial charge < -0.3 is 9.84 Å². The first-order valence-corrected chi connectivity index (χ1v) is 8.03. The predicted molar refractivity (Wildman–Crippen MR) is 82.2 cm³/mol. The van der Waals surface area contributed by atoms with E-state index < -0.39 is 5.97 Å². The largest absolute Gasteiger partial charge is 0.491 e. The minimum atomic E-state index is -0.755. The molecule has 2 aliphatic carbocycles. The Morgan fingerprint density at radius 1 is 1.43 bits per heavy atom. The molecular weight excluding hydrogens is 288 g/mol. The van der Waals surface area contributed by atoms with Crippen LogP contribution in [0.4, 0.5) is 0 Å². The second-order valence-electron chi connectivity index (χ2n) is 6.58. The van der Waals surface area contributed by atoms with E-state index >= 15 is 0 Å². The van der Waals surface area contributed by atoms with Crippen molar-refractivity contribution in [1.82, 2.24) is 0 Å². The fraction of sp³-hybridized carbons (Fsp3) is 0.588. The van der Waals surface area contributed by atoms with Crippen molar-refractivity contribution in [3.8, 4) is 5.75 Å². The van der Waals surface area contributed by atoms with Crippen LogP contribution in [0.3, 0.4) is 0 Å². The number of aryl methyl sites for hydroxylation is 1. The molecule has 4 heteroatoms. The molecule has 0 aliphatic heterocycles. The van der Waals surface area contributed by atoms with Crippen molar-refractivity contribution in [2.45, 2.75) is 50.9 Å². The summed E-state index contributed by atoms with van der Waals surface area (Å²) in [6.07, 6.45) is 5.69. The van der Waals surface area contributed by atoms with Gasteiger partial charge in [-0.05, 0) is 50.2 Å². The van der Waals surface area contributed by atoms with Crippen LogP contribution in [0.5, 0.6) is 5.75 Å². The molecule has 21 heavy (non-hydrogen) atoms. The Hall–Kier alpha value is -1.22. The molecule has 0 bridgehead atoms. The lowest BCUT2D eigenvalue weighted by Gasteiger charge is -2.27. The van der Waals surface area contributed by atoms with Gasteiger partial charge in [-0.15, -0.1) is 0 Å². The average molecular weight is 309 g/mol. The molecule has 2 fully saturated rings. The maximum absolute atomic E-state index is 11.2. The van der Waals surface area contributed by atoms with Crippen molar-refractivity contribution in [3.63, 3.8) is 0 Å². The number of carbonyl (C=O) groups is 1. The Balaban J connectivity index is 1.88. The van der Waals surface area contributed by atoms with Crippen LogP contribution in [-0.2, 0) is 10.2 Å². The second kappa shape index (κ2) is 5.53. The summed E-state index contributed by atoms with van der Waals surface area (Å²) in [5, 5.41) is 9.78. The van der Waals surface area contributed by atoms with Gasteiger partial charge in [0.2, 0.25) is 0 Å². The second-order valence-corrected chi connectivity index (χ2v) is 6.99. The Morgan fingerprint density at radius 2 is 2.14 bits per heavy atom. The summed E-state index contributed by atoms with van der Waals surface area (Å²) in [7, 11) is 0. The van der Waals surface area contributed by atoms with E-state index in [9.17, 15) is 9.90 Å². The van der Waals surface area contributed by atoms with Gasteiger partial charge in [-0.3, -0.25) is 4.79 Å². The normalized spacial score (nSPS) is 19.9. The maximum Gasteiger partial charge on any atom is 0.304 e. The summed E-state index contributed by atoms with van der Waals surface area (Å²) < 4.78 is 6.01. The van der Waals surface area contributed by atoms with E-state index in [0.717, 1.165) is 24.0 Å². The molecule has 1 N–H and O–H groups in total. The topological polar surface area (TPSA) is 46.5 Å². The predicted octanol–water partition coefficient (Wildman–Crippen LogP) is 4.33. The van der Waals surface area contributed by atoms with E-state index in [1.54, 1.807) is 0 Å². The molecule has 3 nitrogen and oxygen atoms in total. The van der Waals surface area contributed by atoms with Gasteiger partial charge in [0.1, 0.15) is 5.75 Å². The van der Waals surface area contributed by atoms with E-state index in [1.165, 1.54) is 19.3 Å². The minimum Gasteiger partial charge on any atom is -0.491 e. The van der Waals surface area contributed by atoms with Crippen molar-refractivity contribution < 1.29 is 14.6 Å². The summed E-state index contributed by atoms with van der Waals surface area (Å²) in [6, 6.07) is 3.95. The molecule has 0 atom stereocenters. The molecular formula is C17H21ClO3. The number of aliphatic carboxylic acids is 1. The molecule has 0 amide bonds. The van der Waals surface area contributed by atoms with Gasteiger partial charge in [0, 0.05) is 11.0 Å². The highest BCUT2D eigenvalue weighted by Crippen LogP contribution is 2.55. The fourth-order valence-corrected chi connectivity index (χ4v) is 3.44. The molecule has 2 aliphatic rings. The zero-order chi connectivity index (χ0) is 15.0. The van der Waals surface area contributed by atoms with Gasteiger partial charge in [-0.25, -0.2) is 0 Å². The molecule has 0 radical (unpaired) electrons. The number of carboxylic acid groups (broad SMARTS) is 1. The molecule has 0 unspecified atom stereocenters. The van der Waals surface area contributed by atoms with E-state index in [4.69, 9.17) is 16.3 Å². The number of rotatable bonds is 6. The van der Waals surface area contributed by atoms with E-state index in [0.29, 0.717) is 23.3 Å². The molecule has 1 aromatic carbocycles. The number of carboxylic acids is 1. The quantitative estimate of drug-likeness (QED) is 0.850. The van der Waals surface area contributed by atoms with Gasteiger partial charge in [-0.1, -0.05) is 24.1 Å². The monoisotopic (exact) mass is 308 g/mol. The highest BCUT2D eigenvalue weighted by molar-refractivity contribution is 6.32. The number of hydrogen-bond donors (Lipinski definition) is 1. The van der Waals surface area contributed by atoms with Crippen molar-refractivity contribution >= 4 is 17.6 Å². The average Bonchev–Trinajstić information content (AvgIpc) is 3.09. The standard InChI is InChI=1S/C17H21ClO3/c1-11-7-13(17(5-6-17)9-15(19)20)16(14(18)8-11)21-10-12-3-2-4-12/h7-8,12H,2-6,9-10H2,1H3,(H,19,20). The van der Waals surface area contributed by atoms with Gasteiger partial charge in [0.25, 0.3) is 0 Å². The third kappa shape index (κ3) is 3.03. The summed E-state index contributed by atoms with van der Waals surface area (Å²) in [6.45, 7) is 2.68. The highest BCUT2D eigenvalue weighted by Gasteiger charge is 2.48. The summed E-state index contributed by atoms with van der Waals surface area (Å²) >= 11 is 6.38. The highest BCUT2D eigenvalue weighted by atomic mass is 35.5. The molecule has 0 aromatic heterocycles. The first-order chi connectivity index (χ1) is 10.00. The van der Waals surface area contributed by atoms with Crippen molar-refractivity contribution in [2.24, 2.45) is 5.92 Å². The van der Waals surface area contributed by atoms with Crippen LogP contribution in [-0.4, -0.2) is 17.7 Å². The van der Waals surface area contributed by atoms with Crippen LogP contribution >= 0.6 is 11.6 Å². The van der Waals surface area contributed by atoms with Crippen LogP contribution in [0.1, 0.15) is 49.7 Å². The molecule has 0 spiro atoms. The fourth-order valence-electron chi connectivity index (χ4n) is 3.11. The van der Waals surface area contributed by atoms with Gasteiger partial charge >= 0.3 is 5.97 Å². The van der Waals surface area contributed by atoms with E-state index in [2.05, 4.69) is 6.07 Å². The number of hydrogen-bond acceptors (Lipinski definition) is 2. The van der Waals surface area contributed by atoms with Gasteiger partial charge in [0.15, 0.2) is 0 Å². The zero-order valence-electron chi connectivity index (χ0n) is 12.3. The van der Waals surface area contributed by atoms with E-state index in [-0.39, 0.29) is 11.8 Å². The van der Waals surface area contributed by atoms with Gasteiger partial charge in [-0.2, -0.15) is 0 Å². The Labute approximate surface area is 130 Å². The third-order valence-corrected chi connectivity index (χ3v) is 5.07. The lowest BCUT2D eigenvalue weighted by Crippen LogP contribution is -2.21. The molecule has 114 valence electrons. The SMILES string of the molecule is Cc1cc(Cl)c(OCC2CCC2)c(C2(CC(=O)O)CC2)c1. The number of halogens is 1. The van der Waals surface area contributed by atoms with Crippen LogP contribution in [0.15, 0.2) is 12.1 Å². The third-order valence-electron chi connectivity index (χ3n) is 4.79. The minimum absolute atomic E-state index is 0.159. The molecule has 2 saturated carbocycles. The molecule has 0 saturated heterocycles. The zero-order valence-corrected chi connectivity index (χ0v) is 13.1. The summed E-state index contributed by atoms with van der Waals surface area (Å²) in [5.74, 6) is 0.591. The van der Waals surface area contributed by atoms with Crippen molar-refractivity contribution in [2.75, 3.05) is 6.61 Å². The van der Waals surface area contributed by atoms with E-state index in [1.807, 2.05) is 13.0 Å². The summed E-state index contributed by atoms with van der Waals surface area (Å²) in [5.41, 5.74) is 1.79. The Kier molecular flexibility index (Phi) is 3.87. The number of benzene rings is 1. The van der Waals surface area contributed by atoms with Crippen LogP contribution < -0.4 is 4.74 Å². The van der Waals surface area contributed by atoms with Crippen LogP contribution in [0.2, 0.25) is 5.02 Å². The van der Waals surface area contributed by atoms with Crippen LogP contribution in [0, 0.1) is 12.8 Å². The van der Waals surface area contributed by atoms with Crippen LogP contribution in [0.25, 0.3) is 0 Å². The first-order valence-electron chi connectivity index (χ1n) is 7.65. The van der Waals surface area contributed by atoms with Crippen molar-refractivity contribution in [1.29, 1.82) is 0 Å². The summed E-state index contributed by atoms with van der Waals surface area (Å²) in [4.78, 5) is 11.2.